The minimum atomic E-state index is -0.256. The van der Waals surface area contributed by atoms with Crippen LogP contribution in [0.5, 0.6) is 5.75 Å². The number of aliphatic hydroxyl groups is 1. The van der Waals surface area contributed by atoms with Gasteiger partial charge in [-0.15, -0.1) is 11.3 Å². The molecule has 1 aliphatic rings. The Hall–Kier alpha value is -2.39. The predicted molar refractivity (Wildman–Crippen MR) is 135 cm³/mol. The van der Waals surface area contributed by atoms with Gasteiger partial charge in [-0.3, -0.25) is 9.59 Å². The van der Waals surface area contributed by atoms with Crippen LogP contribution < -0.4 is 9.64 Å². The fourth-order valence-electron chi connectivity index (χ4n) is 3.67. The van der Waals surface area contributed by atoms with Crippen molar-refractivity contribution < 1.29 is 19.4 Å². The number of hydrogen-bond donors (Lipinski definition) is 1. The molecule has 4 rings (SSSR count). The summed E-state index contributed by atoms with van der Waals surface area (Å²) in [6.45, 7) is 0.622. The first-order valence-corrected chi connectivity index (χ1v) is 12.3. The number of fused-ring (bicyclic) bond motifs is 3. The van der Waals surface area contributed by atoms with Crippen molar-refractivity contribution in [1.29, 1.82) is 0 Å². The van der Waals surface area contributed by atoms with E-state index in [0.29, 0.717) is 34.2 Å². The highest BCUT2D eigenvalue weighted by atomic mass is 79.9. The van der Waals surface area contributed by atoms with Gasteiger partial charge in [0.1, 0.15) is 5.75 Å². The van der Waals surface area contributed by atoms with Gasteiger partial charge in [0, 0.05) is 47.5 Å². The maximum Gasteiger partial charge on any atom is 0.268 e. The average Bonchev–Trinajstić information content (AvgIpc) is 3.14. The molecule has 0 fully saturated rings. The summed E-state index contributed by atoms with van der Waals surface area (Å²) in [5, 5.41) is 9.47. The Morgan fingerprint density at radius 1 is 1.15 bits per heavy atom. The SMILES string of the molecule is CN(CCO)C(=O)c1ccc(Cl)c(N(C)C(=O)c2cc3c(s2)-c2ccc(Br)cc2OCC3)c1. The molecule has 0 unspecified atom stereocenters. The molecule has 3 aromatic rings. The molecule has 2 heterocycles. The Morgan fingerprint density at radius 2 is 1.94 bits per heavy atom. The summed E-state index contributed by atoms with van der Waals surface area (Å²) < 4.78 is 6.82. The quantitative estimate of drug-likeness (QED) is 0.480. The van der Waals surface area contributed by atoms with Gasteiger partial charge in [0.15, 0.2) is 0 Å². The monoisotopic (exact) mass is 548 g/mol. The van der Waals surface area contributed by atoms with Crippen LogP contribution in [0.3, 0.4) is 0 Å². The van der Waals surface area contributed by atoms with E-state index in [9.17, 15) is 9.59 Å². The van der Waals surface area contributed by atoms with Gasteiger partial charge >= 0.3 is 0 Å². The second-order valence-electron chi connectivity index (χ2n) is 7.68. The number of anilines is 1. The number of ether oxygens (including phenoxy) is 1. The summed E-state index contributed by atoms with van der Waals surface area (Å²) in [5.41, 5.74) is 2.87. The van der Waals surface area contributed by atoms with Crippen LogP contribution in [-0.4, -0.2) is 55.7 Å². The Kier molecular flexibility index (Phi) is 7.09. The molecule has 0 radical (unpaired) electrons. The number of aliphatic hydroxyl groups excluding tert-OH is 1. The van der Waals surface area contributed by atoms with Crippen LogP contribution in [0, 0.1) is 0 Å². The van der Waals surface area contributed by atoms with Crippen molar-refractivity contribution in [2.24, 2.45) is 0 Å². The summed E-state index contributed by atoms with van der Waals surface area (Å²) in [6.07, 6.45) is 0.705. The first-order valence-electron chi connectivity index (χ1n) is 10.3. The predicted octanol–water partition coefficient (Wildman–Crippen LogP) is 5.11. The topological polar surface area (TPSA) is 70.1 Å². The standard InChI is InChI=1S/C24H22BrClN2O4S/c1-27(8-9-29)23(30)15-3-6-18(26)19(11-15)28(2)24(31)21-12-14-7-10-32-20-13-16(25)4-5-17(20)22(14)33-21/h3-6,11-13,29H,7-10H2,1-2H3. The average molecular weight is 550 g/mol. The molecular formula is C24H22BrClN2O4S. The lowest BCUT2D eigenvalue weighted by Gasteiger charge is -2.20. The largest absolute Gasteiger partial charge is 0.493 e. The van der Waals surface area contributed by atoms with Gasteiger partial charge in [-0.1, -0.05) is 27.5 Å². The number of hydrogen-bond acceptors (Lipinski definition) is 5. The number of carbonyl (C=O) groups excluding carboxylic acids is 2. The van der Waals surface area contributed by atoms with Crippen LogP contribution in [0.15, 0.2) is 46.9 Å². The number of amides is 2. The zero-order chi connectivity index (χ0) is 23.7. The minimum absolute atomic E-state index is 0.130. The zero-order valence-corrected chi connectivity index (χ0v) is 21.3. The lowest BCUT2D eigenvalue weighted by Crippen LogP contribution is -2.30. The smallest absolute Gasteiger partial charge is 0.268 e. The van der Waals surface area contributed by atoms with E-state index in [1.165, 1.54) is 21.1 Å². The highest BCUT2D eigenvalue weighted by molar-refractivity contribution is 9.10. The van der Waals surface area contributed by atoms with Crippen molar-refractivity contribution in [1.82, 2.24) is 4.90 Å². The fourth-order valence-corrected chi connectivity index (χ4v) is 5.47. The van der Waals surface area contributed by atoms with E-state index in [0.717, 1.165) is 26.2 Å². The number of benzene rings is 2. The summed E-state index contributed by atoms with van der Waals surface area (Å²) in [6, 6.07) is 12.6. The summed E-state index contributed by atoms with van der Waals surface area (Å²) >= 11 is 11.3. The molecule has 2 amide bonds. The van der Waals surface area contributed by atoms with Crippen molar-refractivity contribution >= 4 is 56.4 Å². The number of rotatable bonds is 5. The van der Waals surface area contributed by atoms with E-state index >= 15 is 0 Å². The molecule has 0 saturated carbocycles. The summed E-state index contributed by atoms with van der Waals surface area (Å²) in [4.78, 5) is 30.5. The van der Waals surface area contributed by atoms with Gasteiger partial charge in [-0.2, -0.15) is 0 Å². The van der Waals surface area contributed by atoms with Crippen LogP contribution in [0.25, 0.3) is 10.4 Å². The van der Waals surface area contributed by atoms with Crippen molar-refractivity contribution in [3.63, 3.8) is 0 Å². The molecule has 1 aliphatic heterocycles. The van der Waals surface area contributed by atoms with Crippen molar-refractivity contribution in [3.8, 4) is 16.2 Å². The minimum Gasteiger partial charge on any atom is -0.493 e. The maximum absolute atomic E-state index is 13.4. The van der Waals surface area contributed by atoms with E-state index in [-0.39, 0.29) is 25.0 Å². The molecule has 172 valence electrons. The highest BCUT2D eigenvalue weighted by Gasteiger charge is 2.25. The molecule has 0 bridgehead atoms. The molecule has 1 N–H and O–H groups in total. The van der Waals surface area contributed by atoms with Gasteiger partial charge in [-0.05, 0) is 48.0 Å². The lowest BCUT2D eigenvalue weighted by molar-refractivity contribution is 0.0766. The third kappa shape index (κ3) is 4.80. The van der Waals surface area contributed by atoms with Gasteiger partial charge in [0.2, 0.25) is 0 Å². The van der Waals surface area contributed by atoms with Gasteiger partial charge in [0.25, 0.3) is 11.8 Å². The normalized spacial score (nSPS) is 12.3. The Bertz CT molecular complexity index is 1230. The Balaban J connectivity index is 1.65. The first kappa shape index (κ1) is 23.8. The van der Waals surface area contributed by atoms with Gasteiger partial charge < -0.3 is 19.6 Å². The molecule has 2 aromatic carbocycles. The molecule has 33 heavy (non-hydrogen) atoms. The molecule has 0 spiro atoms. The summed E-state index contributed by atoms with van der Waals surface area (Å²) in [7, 11) is 3.26. The number of carbonyl (C=O) groups is 2. The number of likely N-dealkylation sites (N-methyl/N-ethyl adjacent to an activating group) is 1. The molecule has 1 aromatic heterocycles. The van der Waals surface area contributed by atoms with Crippen molar-refractivity contribution in [3.05, 3.63) is 68.0 Å². The third-order valence-electron chi connectivity index (χ3n) is 5.48. The maximum atomic E-state index is 13.4. The number of nitrogens with zero attached hydrogens (tertiary/aromatic N) is 2. The second-order valence-corrected chi connectivity index (χ2v) is 10.1. The lowest BCUT2D eigenvalue weighted by atomic mass is 10.1. The van der Waals surface area contributed by atoms with Gasteiger partial charge in [0.05, 0.1) is 28.8 Å². The molecular weight excluding hydrogens is 528 g/mol. The second kappa shape index (κ2) is 9.85. The molecule has 0 aliphatic carbocycles. The van der Waals surface area contributed by atoms with E-state index in [1.54, 1.807) is 32.3 Å². The number of halogens is 2. The van der Waals surface area contributed by atoms with Crippen LogP contribution in [0.2, 0.25) is 5.02 Å². The highest BCUT2D eigenvalue weighted by Crippen LogP contribution is 2.42. The fraction of sp³-hybridized carbons (Fsp3) is 0.250. The Labute approximate surface area is 209 Å². The van der Waals surface area contributed by atoms with E-state index in [1.807, 2.05) is 24.3 Å². The van der Waals surface area contributed by atoms with Crippen LogP contribution in [0.1, 0.15) is 25.6 Å². The zero-order valence-electron chi connectivity index (χ0n) is 18.1. The van der Waals surface area contributed by atoms with E-state index < -0.39 is 0 Å². The van der Waals surface area contributed by atoms with Crippen LogP contribution >= 0.6 is 38.9 Å². The molecule has 0 atom stereocenters. The molecule has 0 saturated heterocycles. The summed E-state index contributed by atoms with van der Waals surface area (Å²) in [5.74, 6) is 0.329. The Morgan fingerprint density at radius 3 is 2.70 bits per heavy atom. The first-order chi connectivity index (χ1) is 15.8. The van der Waals surface area contributed by atoms with Gasteiger partial charge in [-0.25, -0.2) is 0 Å². The number of thiophene rings is 1. The van der Waals surface area contributed by atoms with Crippen LogP contribution in [-0.2, 0) is 6.42 Å². The van der Waals surface area contributed by atoms with Crippen molar-refractivity contribution in [2.75, 3.05) is 38.8 Å². The van der Waals surface area contributed by atoms with E-state index in [4.69, 9.17) is 21.4 Å². The van der Waals surface area contributed by atoms with E-state index in [2.05, 4.69) is 15.9 Å². The van der Waals surface area contributed by atoms with Crippen LogP contribution in [0.4, 0.5) is 5.69 Å². The molecule has 9 heteroatoms. The van der Waals surface area contributed by atoms with Crippen molar-refractivity contribution in [2.45, 2.75) is 6.42 Å². The third-order valence-corrected chi connectivity index (χ3v) is 7.49. The molecule has 6 nitrogen and oxygen atoms in total.